The summed E-state index contributed by atoms with van der Waals surface area (Å²) in [6, 6.07) is 13.2. The van der Waals surface area contributed by atoms with E-state index in [4.69, 9.17) is 5.26 Å². The predicted molar refractivity (Wildman–Crippen MR) is 86.8 cm³/mol. The third-order valence-corrected chi connectivity index (χ3v) is 3.35. The van der Waals surface area contributed by atoms with Crippen LogP contribution in [0.1, 0.15) is 15.9 Å². The number of nitrogens with one attached hydrogen (secondary N) is 1. The van der Waals surface area contributed by atoms with Gasteiger partial charge in [0.1, 0.15) is 6.54 Å². The van der Waals surface area contributed by atoms with E-state index in [0.717, 1.165) is 16.5 Å². The van der Waals surface area contributed by atoms with Gasteiger partial charge in [-0.1, -0.05) is 18.2 Å². The summed E-state index contributed by atoms with van der Waals surface area (Å²) < 4.78 is 1.85. The zero-order chi connectivity index (χ0) is 16.1. The van der Waals surface area contributed by atoms with Crippen LogP contribution in [0.2, 0.25) is 0 Å². The van der Waals surface area contributed by atoms with Gasteiger partial charge in [0.25, 0.3) is 5.91 Å². The molecule has 6 heteroatoms. The van der Waals surface area contributed by atoms with Gasteiger partial charge in [-0.3, -0.25) is 9.78 Å². The van der Waals surface area contributed by atoms with Crippen LogP contribution >= 0.6 is 0 Å². The van der Waals surface area contributed by atoms with E-state index in [9.17, 15) is 4.79 Å². The molecule has 2 heterocycles. The second-order valence-electron chi connectivity index (χ2n) is 4.83. The average molecular weight is 303 g/mol. The molecule has 0 saturated carbocycles. The Labute approximate surface area is 132 Å². The monoisotopic (exact) mass is 303 g/mol. The maximum absolute atomic E-state index is 11.9. The lowest BCUT2D eigenvalue weighted by molar-refractivity contribution is 0.0955. The minimum atomic E-state index is -0.324. The first-order chi connectivity index (χ1) is 11.3. The van der Waals surface area contributed by atoms with Gasteiger partial charge in [-0.05, 0) is 18.2 Å². The van der Waals surface area contributed by atoms with Crippen molar-refractivity contribution >= 4 is 23.0 Å². The summed E-state index contributed by atoms with van der Waals surface area (Å²) >= 11 is 0. The van der Waals surface area contributed by atoms with Crippen LogP contribution in [-0.4, -0.2) is 21.7 Å². The lowest BCUT2D eigenvalue weighted by Crippen LogP contribution is -2.17. The smallest absolute Gasteiger partial charge is 0.272 e. The topological polar surface area (TPSA) is 83.1 Å². The van der Waals surface area contributed by atoms with Crippen molar-refractivity contribution in [1.82, 2.24) is 15.0 Å². The molecule has 0 unspecified atom stereocenters. The molecule has 1 N–H and O–H groups in total. The molecule has 2 aromatic heterocycles. The van der Waals surface area contributed by atoms with E-state index in [1.165, 1.54) is 6.20 Å². The standard InChI is InChI=1S/C17H13N5O/c18-7-9-22-12-14(15-5-1-2-6-16(15)22)11-20-21-17(23)13-4-3-8-19-10-13/h1-6,8,10-12H,9H2,(H,21,23)/b20-11+. The van der Waals surface area contributed by atoms with Gasteiger partial charge in [0, 0.05) is 35.1 Å². The van der Waals surface area contributed by atoms with E-state index >= 15 is 0 Å². The van der Waals surface area contributed by atoms with Crippen LogP contribution in [0.5, 0.6) is 0 Å². The summed E-state index contributed by atoms with van der Waals surface area (Å²) in [5, 5.41) is 13.9. The third-order valence-electron chi connectivity index (χ3n) is 3.35. The summed E-state index contributed by atoms with van der Waals surface area (Å²) in [5.41, 5.74) is 4.70. The van der Waals surface area contributed by atoms with Crippen molar-refractivity contribution in [3.63, 3.8) is 0 Å². The number of nitriles is 1. The van der Waals surface area contributed by atoms with Crippen molar-refractivity contribution in [3.05, 3.63) is 66.1 Å². The first-order valence-corrected chi connectivity index (χ1v) is 6.98. The summed E-state index contributed by atoms with van der Waals surface area (Å²) in [7, 11) is 0. The molecule has 1 aromatic carbocycles. The molecule has 0 saturated heterocycles. The SMILES string of the molecule is N#CCn1cc(/C=N/NC(=O)c2cccnc2)c2ccccc21. The van der Waals surface area contributed by atoms with Gasteiger partial charge in [0.05, 0.1) is 17.8 Å². The van der Waals surface area contributed by atoms with E-state index in [-0.39, 0.29) is 12.5 Å². The fraction of sp³-hybridized carbons (Fsp3) is 0.0588. The zero-order valence-electron chi connectivity index (χ0n) is 12.2. The van der Waals surface area contributed by atoms with Crippen LogP contribution < -0.4 is 5.43 Å². The summed E-state index contributed by atoms with van der Waals surface area (Å²) in [6.07, 6.45) is 6.49. The Morgan fingerprint density at radius 2 is 2.22 bits per heavy atom. The van der Waals surface area contributed by atoms with Gasteiger partial charge in [0.15, 0.2) is 0 Å². The molecule has 23 heavy (non-hydrogen) atoms. The summed E-state index contributed by atoms with van der Waals surface area (Å²) in [5.74, 6) is -0.324. The maximum Gasteiger partial charge on any atom is 0.272 e. The number of nitrogens with zero attached hydrogens (tertiary/aromatic N) is 4. The molecule has 3 aromatic rings. The fourth-order valence-corrected chi connectivity index (χ4v) is 2.31. The lowest BCUT2D eigenvalue weighted by Gasteiger charge is -1.97. The van der Waals surface area contributed by atoms with Crippen molar-refractivity contribution in [2.24, 2.45) is 5.10 Å². The molecular formula is C17H13N5O. The van der Waals surface area contributed by atoms with Crippen LogP contribution in [0.3, 0.4) is 0 Å². The Morgan fingerprint density at radius 1 is 1.35 bits per heavy atom. The number of hydrogen-bond acceptors (Lipinski definition) is 4. The van der Waals surface area contributed by atoms with Crippen molar-refractivity contribution in [2.45, 2.75) is 6.54 Å². The highest BCUT2D eigenvalue weighted by Gasteiger charge is 2.06. The minimum absolute atomic E-state index is 0.260. The fourth-order valence-electron chi connectivity index (χ4n) is 2.31. The number of fused-ring (bicyclic) bond motifs is 1. The van der Waals surface area contributed by atoms with Crippen molar-refractivity contribution < 1.29 is 4.79 Å². The molecule has 3 rings (SSSR count). The molecule has 0 aliphatic carbocycles. The largest absolute Gasteiger partial charge is 0.333 e. The first-order valence-electron chi connectivity index (χ1n) is 6.98. The second kappa shape index (κ2) is 6.54. The molecule has 0 radical (unpaired) electrons. The molecule has 0 fully saturated rings. The molecule has 0 atom stereocenters. The van der Waals surface area contributed by atoms with E-state index in [2.05, 4.69) is 21.6 Å². The van der Waals surface area contributed by atoms with Crippen LogP contribution in [0.25, 0.3) is 10.9 Å². The number of pyridine rings is 1. The van der Waals surface area contributed by atoms with E-state index < -0.39 is 0 Å². The Balaban J connectivity index is 1.82. The number of para-hydroxylation sites is 1. The first kappa shape index (κ1) is 14.5. The predicted octanol–water partition coefficient (Wildman–Crippen LogP) is 2.32. The zero-order valence-corrected chi connectivity index (χ0v) is 12.2. The number of hydrazone groups is 1. The minimum Gasteiger partial charge on any atom is -0.333 e. The molecule has 0 aliphatic heterocycles. The molecule has 0 spiro atoms. The Morgan fingerprint density at radius 3 is 3.00 bits per heavy atom. The van der Waals surface area contributed by atoms with Crippen LogP contribution in [0.4, 0.5) is 0 Å². The number of benzene rings is 1. The van der Waals surface area contributed by atoms with Gasteiger partial charge < -0.3 is 4.57 Å². The Kier molecular flexibility index (Phi) is 4.11. The van der Waals surface area contributed by atoms with Crippen molar-refractivity contribution in [1.29, 1.82) is 5.26 Å². The molecule has 1 amide bonds. The van der Waals surface area contributed by atoms with Crippen molar-refractivity contribution in [2.75, 3.05) is 0 Å². The number of carbonyl (C=O) groups excluding carboxylic acids is 1. The van der Waals surface area contributed by atoms with Gasteiger partial charge in [-0.15, -0.1) is 0 Å². The molecule has 0 aliphatic rings. The lowest BCUT2D eigenvalue weighted by atomic mass is 10.2. The number of hydrogen-bond donors (Lipinski definition) is 1. The highest BCUT2D eigenvalue weighted by Crippen LogP contribution is 2.19. The number of aromatic nitrogens is 2. The number of rotatable bonds is 4. The summed E-state index contributed by atoms with van der Waals surface area (Å²) in [6.45, 7) is 0.260. The molecule has 112 valence electrons. The third kappa shape index (κ3) is 3.09. The molecule has 6 nitrogen and oxygen atoms in total. The van der Waals surface area contributed by atoms with Gasteiger partial charge in [-0.25, -0.2) is 5.43 Å². The highest BCUT2D eigenvalue weighted by molar-refractivity contribution is 6.00. The summed E-state index contributed by atoms with van der Waals surface area (Å²) in [4.78, 5) is 15.8. The molecule has 0 bridgehead atoms. The van der Waals surface area contributed by atoms with E-state index in [1.54, 1.807) is 24.5 Å². The van der Waals surface area contributed by atoms with E-state index in [1.807, 2.05) is 35.0 Å². The van der Waals surface area contributed by atoms with Crippen LogP contribution in [0, 0.1) is 11.3 Å². The van der Waals surface area contributed by atoms with E-state index in [0.29, 0.717) is 5.56 Å². The normalized spacial score (nSPS) is 10.7. The second-order valence-corrected chi connectivity index (χ2v) is 4.83. The van der Waals surface area contributed by atoms with Crippen molar-refractivity contribution in [3.8, 4) is 6.07 Å². The Bertz CT molecular complexity index is 906. The van der Waals surface area contributed by atoms with Gasteiger partial charge in [-0.2, -0.15) is 10.4 Å². The number of carbonyl (C=O) groups is 1. The average Bonchev–Trinajstić information content (AvgIpc) is 2.94. The van der Waals surface area contributed by atoms with Gasteiger partial charge >= 0.3 is 0 Å². The van der Waals surface area contributed by atoms with Crippen LogP contribution in [0.15, 0.2) is 60.1 Å². The van der Waals surface area contributed by atoms with Crippen LogP contribution in [-0.2, 0) is 6.54 Å². The van der Waals surface area contributed by atoms with Gasteiger partial charge in [0.2, 0.25) is 0 Å². The highest BCUT2D eigenvalue weighted by atomic mass is 16.2. The quantitative estimate of drug-likeness (QED) is 0.593. The Hall–Kier alpha value is -3.46. The number of amides is 1. The maximum atomic E-state index is 11.9. The molecular weight excluding hydrogens is 290 g/mol.